The molecule has 9 heteroatoms. The lowest BCUT2D eigenvalue weighted by Crippen LogP contribution is -2.00. The SMILES string of the molecule is COc1cc(Br)c(CSc2nnnn2-c2cccc(F)c2)cc1OC. The summed E-state index contributed by atoms with van der Waals surface area (Å²) in [5, 5.41) is 12.2. The van der Waals surface area contributed by atoms with Crippen LogP contribution >= 0.6 is 27.7 Å². The van der Waals surface area contributed by atoms with Crippen LogP contribution in [0.2, 0.25) is 0 Å². The molecule has 1 heterocycles. The van der Waals surface area contributed by atoms with Crippen LogP contribution < -0.4 is 9.47 Å². The first-order valence-corrected chi connectivity index (χ1v) is 8.97. The summed E-state index contributed by atoms with van der Waals surface area (Å²) in [5.74, 6) is 1.54. The van der Waals surface area contributed by atoms with Crippen LogP contribution in [0.1, 0.15) is 5.56 Å². The van der Waals surface area contributed by atoms with Gasteiger partial charge in [0.05, 0.1) is 19.9 Å². The Labute approximate surface area is 156 Å². The van der Waals surface area contributed by atoms with Crippen LogP contribution in [-0.4, -0.2) is 34.4 Å². The van der Waals surface area contributed by atoms with Gasteiger partial charge >= 0.3 is 0 Å². The van der Waals surface area contributed by atoms with Crippen molar-refractivity contribution in [2.24, 2.45) is 0 Å². The summed E-state index contributed by atoms with van der Waals surface area (Å²) in [6, 6.07) is 9.87. The van der Waals surface area contributed by atoms with Crippen molar-refractivity contribution in [1.29, 1.82) is 0 Å². The van der Waals surface area contributed by atoms with E-state index in [9.17, 15) is 4.39 Å². The van der Waals surface area contributed by atoms with Gasteiger partial charge in [-0.3, -0.25) is 0 Å². The second-order valence-corrected chi connectivity index (χ2v) is 6.74. The van der Waals surface area contributed by atoms with Crippen LogP contribution in [-0.2, 0) is 5.75 Å². The standard InChI is InChI=1S/C16H14BrFN4O2S/c1-23-14-6-10(13(17)8-15(14)24-2)9-25-16-19-20-21-22(16)12-5-3-4-11(18)7-12/h3-8H,9H2,1-2H3. The number of ether oxygens (including phenoxy) is 2. The van der Waals surface area contributed by atoms with E-state index < -0.39 is 0 Å². The van der Waals surface area contributed by atoms with Gasteiger partial charge in [-0.2, -0.15) is 4.68 Å². The molecule has 3 aromatic rings. The molecule has 0 unspecified atom stereocenters. The molecule has 0 spiro atoms. The topological polar surface area (TPSA) is 62.1 Å². The van der Waals surface area contributed by atoms with Gasteiger partial charge in [0.2, 0.25) is 5.16 Å². The van der Waals surface area contributed by atoms with Gasteiger partial charge in [-0.1, -0.05) is 33.8 Å². The molecule has 0 aliphatic carbocycles. The van der Waals surface area contributed by atoms with Crippen molar-refractivity contribution >= 4 is 27.7 Å². The second kappa shape index (κ2) is 7.83. The number of benzene rings is 2. The van der Waals surface area contributed by atoms with Crippen LogP contribution in [0, 0.1) is 5.82 Å². The Kier molecular flexibility index (Phi) is 5.54. The van der Waals surface area contributed by atoms with E-state index in [1.54, 1.807) is 26.4 Å². The van der Waals surface area contributed by atoms with Gasteiger partial charge in [-0.25, -0.2) is 4.39 Å². The molecule has 0 aliphatic rings. The normalized spacial score (nSPS) is 10.7. The number of aromatic nitrogens is 4. The van der Waals surface area contributed by atoms with Crippen LogP contribution in [0.25, 0.3) is 5.69 Å². The lowest BCUT2D eigenvalue weighted by molar-refractivity contribution is 0.354. The van der Waals surface area contributed by atoms with E-state index >= 15 is 0 Å². The highest BCUT2D eigenvalue weighted by Crippen LogP contribution is 2.36. The van der Waals surface area contributed by atoms with Crippen molar-refractivity contribution < 1.29 is 13.9 Å². The predicted octanol–water partition coefficient (Wildman–Crippen LogP) is 3.87. The van der Waals surface area contributed by atoms with Gasteiger partial charge in [0.15, 0.2) is 11.5 Å². The largest absolute Gasteiger partial charge is 0.493 e. The molecule has 3 rings (SSSR count). The number of nitrogens with zero attached hydrogens (tertiary/aromatic N) is 4. The molecule has 0 saturated heterocycles. The maximum Gasteiger partial charge on any atom is 0.214 e. The Morgan fingerprint density at radius 1 is 1.16 bits per heavy atom. The molecule has 0 saturated carbocycles. The van der Waals surface area contributed by atoms with E-state index in [-0.39, 0.29) is 5.82 Å². The average molecular weight is 425 g/mol. The summed E-state index contributed by atoms with van der Waals surface area (Å²) in [7, 11) is 3.18. The minimum atomic E-state index is -0.341. The fraction of sp³-hybridized carbons (Fsp3) is 0.188. The Hall–Kier alpha value is -2.13. The number of hydrogen-bond donors (Lipinski definition) is 0. The molecule has 6 nitrogen and oxygen atoms in total. The molecule has 1 aromatic heterocycles. The zero-order chi connectivity index (χ0) is 17.8. The van der Waals surface area contributed by atoms with E-state index in [4.69, 9.17) is 9.47 Å². The maximum absolute atomic E-state index is 13.4. The van der Waals surface area contributed by atoms with Gasteiger partial charge < -0.3 is 9.47 Å². The molecule has 0 atom stereocenters. The highest BCUT2D eigenvalue weighted by atomic mass is 79.9. The zero-order valence-corrected chi connectivity index (χ0v) is 15.8. The van der Waals surface area contributed by atoms with E-state index in [1.165, 1.54) is 28.6 Å². The molecular formula is C16H14BrFN4O2S. The van der Waals surface area contributed by atoms with Gasteiger partial charge in [-0.15, -0.1) is 5.10 Å². The van der Waals surface area contributed by atoms with Crippen molar-refractivity contribution in [3.8, 4) is 17.2 Å². The summed E-state index contributed by atoms with van der Waals surface area (Å²) in [4.78, 5) is 0. The third kappa shape index (κ3) is 3.93. The second-order valence-electron chi connectivity index (χ2n) is 4.94. The van der Waals surface area contributed by atoms with Crippen molar-refractivity contribution in [3.63, 3.8) is 0 Å². The first kappa shape index (κ1) is 17.7. The van der Waals surface area contributed by atoms with Gasteiger partial charge in [0.1, 0.15) is 5.82 Å². The highest BCUT2D eigenvalue weighted by molar-refractivity contribution is 9.10. The monoisotopic (exact) mass is 424 g/mol. The van der Waals surface area contributed by atoms with Gasteiger partial charge in [0, 0.05) is 10.2 Å². The van der Waals surface area contributed by atoms with Gasteiger partial charge in [0.25, 0.3) is 0 Å². The summed E-state index contributed by atoms with van der Waals surface area (Å²) >= 11 is 4.96. The van der Waals surface area contributed by atoms with E-state index in [0.717, 1.165) is 10.0 Å². The number of thioether (sulfide) groups is 1. The van der Waals surface area contributed by atoms with Crippen LogP contribution in [0.4, 0.5) is 4.39 Å². The quantitative estimate of drug-likeness (QED) is 0.559. The fourth-order valence-corrected chi connectivity index (χ4v) is 3.72. The van der Waals surface area contributed by atoms with Crippen molar-refractivity contribution in [2.45, 2.75) is 10.9 Å². The number of hydrogen-bond acceptors (Lipinski definition) is 6. The number of tetrazole rings is 1. The summed E-state index contributed by atoms with van der Waals surface area (Å²) in [5.41, 5.74) is 1.57. The number of methoxy groups -OCH3 is 2. The van der Waals surface area contributed by atoms with Crippen molar-refractivity contribution in [2.75, 3.05) is 14.2 Å². The summed E-state index contributed by atoms with van der Waals surface area (Å²) in [6.07, 6.45) is 0. The minimum absolute atomic E-state index is 0.341. The maximum atomic E-state index is 13.4. The molecule has 0 N–H and O–H groups in total. The van der Waals surface area contributed by atoms with E-state index in [2.05, 4.69) is 31.5 Å². The molecule has 0 aliphatic heterocycles. The predicted molar refractivity (Wildman–Crippen MR) is 95.9 cm³/mol. The van der Waals surface area contributed by atoms with Crippen LogP contribution in [0.3, 0.4) is 0 Å². The Bertz CT molecular complexity index is 890. The molecule has 0 amide bonds. The first-order chi connectivity index (χ1) is 12.1. The van der Waals surface area contributed by atoms with Crippen LogP contribution in [0.15, 0.2) is 46.0 Å². The summed E-state index contributed by atoms with van der Waals surface area (Å²) < 4.78 is 26.4. The first-order valence-electron chi connectivity index (χ1n) is 7.20. The molecule has 2 aromatic carbocycles. The lowest BCUT2D eigenvalue weighted by atomic mass is 10.2. The molecular weight excluding hydrogens is 411 g/mol. The Balaban J connectivity index is 1.83. The van der Waals surface area contributed by atoms with Crippen molar-refractivity contribution in [3.05, 3.63) is 52.3 Å². The van der Waals surface area contributed by atoms with Gasteiger partial charge in [-0.05, 0) is 46.3 Å². The van der Waals surface area contributed by atoms with E-state index in [1.807, 2.05) is 12.1 Å². The Morgan fingerprint density at radius 3 is 2.64 bits per heavy atom. The molecule has 25 heavy (non-hydrogen) atoms. The molecule has 130 valence electrons. The third-order valence-corrected chi connectivity index (χ3v) is 5.11. The number of rotatable bonds is 6. The van der Waals surface area contributed by atoms with Crippen LogP contribution in [0.5, 0.6) is 11.5 Å². The minimum Gasteiger partial charge on any atom is -0.493 e. The molecule has 0 bridgehead atoms. The summed E-state index contributed by atoms with van der Waals surface area (Å²) in [6.45, 7) is 0. The van der Waals surface area contributed by atoms with Crippen molar-refractivity contribution in [1.82, 2.24) is 20.2 Å². The molecule has 0 fully saturated rings. The smallest absolute Gasteiger partial charge is 0.214 e. The highest BCUT2D eigenvalue weighted by Gasteiger charge is 2.13. The van der Waals surface area contributed by atoms with E-state index in [0.29, 0.717) is 28.1 Å². The zero-order valence-electron chi connectivity index (χ0n) is 13.4. The number of halogens is 2. The third-order valence-electron chi connectivity index (χ3n) is 3.40. The Morgan fingerprint density at radius 2 is 1.92 bits per heavy atom. The fourth-order valence-electron chi connectivity index (χ4n) is 2.19. The molecule has 0 radical (unpaired) electrons. The average Bonchev–Trinajstić information content (AvgIpc) is 3.09. The lowest BCUT2D eigenvalue weighted by Gasteiger charge is -2.11.